The summed E-state index contributed by atoms with van der Waals surface area (Å²) < 4.78 is 13.2. The fraction of sp³-hybridized carbons (Fsp3) is 0.667. The summed E-state index contributed by atoms with van der Waals surface area (Å²) in [6.45, 7) is 4.52. The lowest BCUT2D eigenvalue weighted by Gasteiger charge is -2.28. The van der Waals surface area contributed by atoms with E-state index in [1.54, 1.807) is 0 Å². The molecule has 0 bridgehead atoms. The molecule has 0 fully saturated rings. The minimum absolute atomic E-state index is 0.493. The molecule has 1 heterocycles. The van der Waals surface area contributed by atoms with Gasteiger partial charge in [0.1, 0.15) is 0 Å². The van der Waals surface area contributed by atoms with Gasteiger partial charge in [-0.1, -0.05) is 127 Å². The van der Waals surface area contributed by atoms with E-state index in [2.05, 4.69) is 99.6 Å². The lowest BCUT2D eigenvalue weighted by atomic mass is 9.99. The van der Waals surface area contributed by atoms with Crippen molar-refractivity contribution in [2.75, 3.05) is 19.0 Å². The number of allylic oxidation sites excluding steroid dienone is 8. The molecule has 3 heteroatoms. The van der Waals surface area contributed by atoms with E-state index >= 15 is 0 Å². The second kappa shape index (κ2) is 25.7. The van der Waals surface area contributed by atoms with Crippen molar-refractivity contribution < 1.29 is 9.47 Å². The number of unbranched alkanes of at least 4 members (excludes halogenated alkanes) is 15. The lowest BCUT2D eigenvalue weighted by molar-refractivity contribution is -0.0949. The maximum Gasteiger partial charge on any atom is 0.251 e. The van der Waals surface area contributed by atoms with E-state index in [0.29, 0.717) is 0 Å². The minimum atomic E-state index is -0.493. The van der Waals surface area contributed by atoms with Crippen LogP contribution in [0.4, 0.5) is 5.69 Å². The van der Waals surface area contributed by atoms with Gasteiger partial charge in [-0.3, -0.25) is 0 Å². The van der Waals surface area contributed by atoms with E-state index in [1.165, 1.54) is 109 Å². The topological polar surface area (TPSA) is 21.7 Å². The summed E-state index contributed by atoms with van der Waals surface area (Å²) in [4.78, 5) is 2.13. The molecule has 0 spiro atoms. The van der Waals surface area contributed by atoms with Crippen molar-refractivity contribution >= 4 is 5.69 Å². The molecule has 1 atom stereocenters. The maximum atomic E-state index is 6.64. The van der Waals surface area contributed by atoms with Gasteiger partial charge in [-0.15, -0.1) is 0 Å². The average Bonchev–Trinajstić information content (AvgIpc) is 3.40. The zero-order chi connectivity index (χ0) is 32.3. The Hall–Kier alpha value is -2.42. The predicted molar refractivity (Wildman–Crippen MR) is 199 cm³/mol. The Labute approximate surface area is 279 Å². The largest absolute Gasteiger partial charge is 0.448 e. The Bertz CT molecular complexity index is 975. The second-order valence-electron chi connectivity index (χ2n) is 13.2. The number of benzene rings is 1. The van der Waals surface area contributed by atoms with Gasteiger partial charge in [-0.25, -0.2) is 0 Å². The fourth-order valence-electron chi connectivity index (χ4n) is 5.91. The van der Waals surface area contributed by atoms with Crippen molar-refractivity contribution in [3.05, 3.63) is 66.8 Å². The molecule has 2 rings (SSSR count). The van der Waals surface area contributed by atoms with Crippen LogP contribution in [0, 0.1) is 0 Å². The van der Waals surface area contributed by atoms with E-state index in [0.717, 1.165) is 55.7 Å². The van der Waals surface area contributed by atoms with Crippen LogP contribution in [0.5, 0.6) is 11.5 Å². The number of rotatable bonds is 28. The second-order valence-corrected chi connectivity index (χ2v) is 13.2. The van der Waals surface area contributed by atoms with Crippen molar-refractivity contribution in [1.29, 1.82) is 0 Å². The predicted octanol–water partition coefficient (Wildman–Crippen LogP) is 13.5. The van der Waals surface area contributed by atoms with Crippen molar-refractivity contribution in [2.24, 2.45) is 0 Å². The van der Waals surface area contributed by atoms with E-state index in [4.69, 9.17) is 9.47 Å². The van der Waals surface area contributed by atoms with Crippen LogP contribution in [0.3, 0.4) is 0 Å². The number of anilines is 1. The molecule has 1 aliphatic rings. The summed E-state index contributed by atoms with van der Waals surface area (Å²) in [5, 5.41) is 0. The van der Waals surface area contributed by atoms with Crippen molar-refractivity contribution in [3.8, 4) is 11.5 Å². The molecular formula is C42H69NO2. The molecule has 254 valence electrons. The Balaban J connectivity index is 1.65. The summed E-state index contributed by atoms with van der Waals surface area (Å²) in [7, 11) is 4.16. The monoisotopic (exact) mass is 620 g/mol. The molecule has 0 N–H and O–H groups in total. The highest BCUT2D eigenvalue weighted by atomic mass is 16.7. The number of nitrogens with zero attached hydrogens (tertiary/aromatic N) is 1. The molecule has 0 aromatic heterocycles. The number of ether oxygens (including phenoxy) is 2. The number of fused-ring (bicyclic) bond motifs is 1. The lowest BCUT2D eigenvalue weighted by Crippen LogP contribution is -2.38. The Kier molecular flexibility index (Phi) is 22.2. The maximum absolute atomic E-state index is 6.64. The quantitative estimate of drug-likeness (QED) is 0.0688. The van der Waals surface area contributed by atoms with Crippen LogP contribution in [0.1, 0.15) is 162 Å². The molecule has 0 saturated carbocycles. The summed E-state index contributed by atoms with van der Waals surface area (Å²) >= 11 is 0. The third-order valence-corrected chi connectivity index (χ3v) is 8.80. The van der Waals surface area contributed by atoms with E-state index in [-0.39, 0.29) is 0 Å². The zero-order valence-corrected chi connectivity index (χ0v) is 29.9. The van der Waals surface area contributed by atoms with Gasteiger partial charge in [0, 0.05) is 38.7 Å². The smallest absolute Gasteiger partial charge is 0.251 e. The third kappa shape index (κ3) is 18.3. The van der Waals surface area contributed by atoms with Crippen LogP contribution >= 0.6 is 0 Å². The molecule has 0 aliphatic carbocycles. The highest BCUT2D eigenvalue weighted by Crippen LogP contribution is 2.45. The first kappa shape index (κ1) is 38.8. The van der Waals surface area contributed by atoms with E-state index < -0.39 is 5.79 Å². The van der Waals surface area contributed by atoms with Gasteiger partial charge in [0.25, 0.3) is 5.79 Å². The third-order valence-electron chi connectivity index (χ3n) is 8.80. The Morgan fingerprint density at radius 1 is 0.511 bits per heavy atom. The van der Waals surface area contributed by atoms with Crippen LogP contribution in [0.15, 0.2) is 66.8 Å². The van der Waals surface area contributed by atoms with Gasteiger partial charge in [0.15, 0.2) is 11.5 Å². The first-order valence-corrected chi connectivity index (χ1v) is 18.9. The Morgan fingerprint density at radius 2 is 0.956 bits per heavy atom. The first-order chi connectivity index (χ1) is 22.1. The molecular weight excluding hydrogens is 550 g/mol. The molecule has 1 aromatic rings. The van der Waals surface area contributed by atoms with Crippen LogP contribution < -0.4 is 14.4 Å². The van der Waals surface area contributed by atoms with Gasteiger partial charge in [-0.05, 0) is 82.8 Å². The Morgan fingerprint density at radius 3 is 1.47 bits per heavy atom. The van der Waals surface area contributed by atoms with Crippen molar-refractivity contribution in [2.45, 2.75) is 167 Å². The normalized spacial score (nSPS) is 16.4. The SMILES string of the molecule is CCCC/C=C/C/C=C/CCCCCCCC1(CCCCCCC/C=C/C/C=C\CCCCC)Oc2ccc(N(C)C)cc2O1. The highest BCUT2D eigenvalue weighted by molar-refractivity contribution is 5.57. The fourth-order valence-corrected chi connectivity index (χ4v) is 5.91. The van der Waals surface area contributed by atoms with Gasteiger partial charge >= 0.3 is 0 Å². The van der Waals surface area contributed by atoms with Gasteiger partial charge in [0.05, 0.1) is 0 Å². The molecule has 1 unspecified atom stereocenters. The van der Waals surface area contributed by atoms with Crippen LogP contribution in [0.25, 0.3) is 0 Å². The first-order valence-electron chi connectivity index (χ1n) is 18.9. The van der Waals surface area contributed by atoms with E-state index in [9.17, 15) is 0 Å². The molecule has 1 aliphatic heterocycles. The minimum Gasteiger partial charge on any atom is -0.448 e. The van der Waals surface area contributed by atoms with Crippen molar-refractivity contribution in [3.63, 3.8) is 0 Å². The summed E-state index contributed by atoms with van der Waals surface area (Å²) in [6, 6.07) is 6.37. The van der Waals surface area contributed by atoms with Gasteiger partial charge < -0.3 is 14.4 Å². The number of hydrogen-bond acceptors (Lipinski definition) is 3. The number of hydrogen-bond donors (Lipinski definition) is 0. The summed E-state index contributed by atoms with van der Waals surface area (Å²) in [5.41, 5.74) is 1.16. The highest BCUT2D eigenvalue weighted by Gasteiger charge is 2.40. The molecule has 0 radical (unpaired) electrons. The zero-order valence-electron chi connectivity index (χ0n) is 29.9. The molecule has 45 heavy (non-hydrogen) atoms. The molecule has 1 aromatic carbocycles. The molecule has 3 nitrogen and oxygen atoms in total. The molecule has 0 saturated heterocycles. The summed E-state index contributed by atoms with van der Waals surface area (Å²) in [5.74, 6) is 1.33. The van der Waals surface area contributed by atoms with Crippen LogP contribution in [-0.2, 0) is 0 Å². The van der Waals surface area contributed by atoms with Gasteiger partial charge in [0.2, 0.25) is 0 Å². The van der Waals surface area contributed by atoms with Crippen LogP contribution in [-0.4, -0.2) is 19.9 Å². The summed E-state index contributed by atoms with van der Waals surface area (Å²) in [6.07, 6.45) is 46.9. The van der Waals surface area contributed by atoms with Crippen LogP contribution in [0.2, 0.25) is 0 Å². The molecule has 0 amide bonds. The van der Waals surface area contributed by atoms with Crippen molar-refractivity contribution in [1.82, 2.24) is 0 Å². The van der Waals surface area contributed by atoms with E-state index in [1.807, 2.05) is 0 Å². The standard InChI is InChI=1S/C42H69NO2/c1-5-7-9-11-13-15-17-19-21-23-25-27-29-31-33-37-42(44-40-35-34-39(43(3)4)38-41(40)45-42)36-32-30-28-26-24-22-20-18-16-14-12-10-8-6-2/h12-15,18-21,34-35,38H,5-11,16-17,22-33,36-37H2,1-4H3/b14-12+,15-13-,20-18+,21-19+. The van der Waals surface area contributed by atoms with Gasteiger partial charge in [-0.2, -0.15) is 0 Å². The average molecular weight is 620 g/mol.